The molecule has 1 aliphatic rings. The zero-order chi connectivity index (χ0) is 43.4. The monoisotopic (exact) mass is 918 g/mol. The summed E-state index contributed by atoms with van der Waals surface area (Å²) in [6.45, 7) is 52.0. The zero-order valence-corrected chi connectivity index (χ0v) is 47.7. The molecule has 0 aromatic heterocycles. The maximum absolute atomic E-state index is 14.8. The normalized spacial score (nSPS) is 24.5. The van der Waals surface area contributed by atoms with Gasteiger partial charge in [0, 0.05) is 0 Å². The standard InChI is InChI=1S/C36H86O11Si8/c1-48(2,3)38-25-28(37)31(33(45-53(16,17)18)30(43-51(10,11)12)27-40-50(7,8)9)42-36-35(47-55(22,23)24)34(46-54(19,20)21)32(44-52(13,14)15)29(41-36)26-39-49(4,5)6/h29-36H,25-27H2,1-24H3/t29-,30-,31-,32-,33-,34+,35-,36-/m0/s1. The molecule has 11 nitrogen and oxygen atoms in total. The van der Waals surface area contributed by atoms with Gasteiger partial charge in [-0.2, -0.15) is 0 Å². The SMILES string of the molecule is C[Si](C)(C)OCC(=O)[C@H](O[C@@H]1O[C@@H](CO[Si](C)(C)C)[C@H](O[Si](C)(C)C)[C@@H](O[Si](C)(C)C)[C@@H]1O[Si](C)(C)C)[C@@H](O[Si](C)(C)C)[C@H](CO[Si](C)(C)C)O[Si](C)(C)C. The molecule has 0 aliphatic carbocycles. The average molecular weight is 920 g/mol. The van der Waals surface area contributed by atoms with Crippen molar-refractivity contribution >= 4 is 72.3 Å². The summed E-state index contributed by atoms with van der Waals surface area (Å²) in [4.78, 5) is 14.8. The highest BCUT2D eigenvalue weighted by Crippen LogP contribution is 2.36. The molecular formula is C36H86O11Si8. The second-order valence-corrected chi connectivity index (χ2v) is 58.7. The minimum Gasteiger partial charge on any atom is -0.415 e. The molecule has 0 amide bonds. The number of rotatable bonds is 24. The van der Waals surface area contributed by atoms with Crippen LogP contribution in [0.2, 0.25) is 157 Å². The Morgan fingerprint density at radius 3 is 1.31 bits per heavy atom. The molecule has 0 bridgehead atoms. The van der Waals surface area contributed by atoms with E-state index in [9.17, 15) is 4.79 Å². The van der Waals surface area contributed by atoms with Gasteiger partial charge in [-0.1, -0.05) is 0 Å². The topological polar surface area (TPSA) is 109 Å². The van der Waals surface area contributed by atoms with Gasteiger partial charge in [-0.3, -0.25) is 4.79 Å². The lowest BCUT2D eigenvalue weighted by Gasteiger charge is -2.51. The van der Waals surface area contributed by atoms with Crippen LogP contribution in [-0.4, -0.2) is 141 Å². The van der Waals surface area contributed by atoms with Gasteiger partial charge in [0.2, 0.25) is 0 Å². The Labute approximate surface area is 346 Å². The number of ether oxygens (including phenoxy) is 2. The van der Waals surface area contributed by atoms with Crippen LogP contribution in [0.3, 0.4) is 0 Å². The number of hydrogen-bond acceptors (Lipinski definition) is 11. The third kappa shape index (κ3) is 24.1. The van der Waals surface area contributed by atoms with Crippen molar-refractivity contribution in [2.45, 2.75) is 206 Å². The quantitative estimate of drug-likeness (QED) is 0.0865. The van der Waals surface area contributed by atoms with Crippen molar-refractivity contribution < 1.29 is 49.7 Å². The first-order chi connectivity index (χ1) is 24.1. The van der Waals surface area contributed by atoms with Gasteiger partial charge in [0.1, 0.15) is 36.6 Å². The van der Waals surface area contributed by atoms with E-state index < -0.39 is 116 Å². The number of ketones is 1. The highest BCUT2D eigenvalue weighted by atomic mass is 28.4. The molecule has 1 aliphatic heterocycles. The third-order valence-corrected chi connectivity index (χ3v) is 15.3. The first-order valence-electron chi connectivity index (χ1n) is 20.3. The van der Waals surface area contributed by atoms with E-state index in [2.05, 4.69) is 157 Å². The molecule has 1 fully saturated rings. The molecule has 0 saturated carbocycles. The van der Waals surface area contributed by atoms with Crippen LogP contribution in [0.1, 0.15) is 0 Å². The molecule has 0 N–H and O–H groups in total. The van der Waals surface area contributed by atoms with Gasteiger partial charge in [-0.25, -0.2) is 0 Å². The maximum Gasteiger partial charge on any atom is 0.188 e. The Morgan fingerprint density at radius 2 is 0.909 bits per heavy atom. The van der Waals surface area contributed by atoms with Crippen molar-refractivity contribution in [2.24, 2.45) is 0 Å². The second kappa shape index (κ2) is 20.3. The van der Waals surface area contributed by atoms with E-state index in [1.165, 1.54) is 0 Å². The van der Waals surface area contributed by atoms with Gasteiger partial charge in [-0.15, -0.1) is 0 Å². The summed E-state index contributed by atoms with van der Waals surface area (Å²) in [5.41, 5.74) is 0. The average Bonchev–Trinajstić information content (AvgIpc) is 2.89. The minimum atomic E-state index is -2.34. The molecular weight excluding hydrogens is 833 g/mol. The molecule has 0 aromatic carbocycles. The number of hydrogen-bond donors (Lipinski definition) is 0. The van der Waals surface area contributed by atoms with E-state index in [4.69, 9.17) is 44.9 Å². The summed E-state index contributed by atoms with van der Waals surface area (Å²) in [5.74, 6) is -0.226. The Bertz CT molecular complexity index is 1170. The van der Waals surface area contributed by atoms with Crippen molar-refractivity contribution in [1.29, 1.82) is 0 Å². The molecule has 8 atom stereocenters. The lowest BCUT2D eigenvalue weighted by molar-refractivity contribution is -0.305. The summed E-state index contributed by atoms with van der Waals surface area (Å²) in [7, 11) is -17.3. The van der Waals surface area contributed by atoms with E-state index in [1.54, 1.807) is 0 Å². The van der Waals surface area contributed by atoms with Gasteiger partial charge >= 0.3 is 0 Å². The van der Waals surface area contributed by atoms with Gasteiger partial charge < -0.3 is 44.9 Å². The predicted molar refractivity (Wildman–Crippen MR) is 248 cm³/mol. The molecule has 0 unspecified atom stereocenters. The van der Waals surface area contributed by atoms with Crippen LogP contribution in [0.25, 0.3) is 0 Å². The Kier molecular flexibility index (Phi) is 19.9. The van der Waals surface area contributed by atoms with Crippen LogP contribution < -0.4 is 0 Å². The van der Waals surface area contributed by atoms with Crippen molar-refractivity contribution in [3.8, 4) is 0 Å². The third-order valence-electron chi connectivity index (χ3n) is 7.33. The molecule has 0 aromatic rings. The Morgan fingerprint density at radius 1 is 0.491 bits per heavy atom. The number of carbonyl (C=O) groups excluding carboxylic acids is 1. The molecule has 0 spiro atoms. The van der Waals surface area contributed by atoms with Gasteiger partial charge in [0.05, 0.1) is 25.9 Å². The van der Waals surface area contributed by atoms with Crippen molar-refractivity contribution in [1.82, 2.24) is 0 Å². The molecule has 19 heteroatoms. The summed E-state index contributed by atoms with van der Waals surface area (Å²) < 4.78 is 68.8. The van der Waals surface area contributed by atoms with E-state index in [-0.39, 0.29) is 19.0 Å². The highest BCUT2D eigenvalue weighted by molar-refractivity contribution is 6.72. The predicted octanol–water partition coefficient (Wildman–Crippen LogP) is 9.32. The van der Waals surface area contributed by atoms with Gasteiger partial charge in [-0.05, 0) is 157 Å². The van der Waals surface area contributed by atoms with Gasteiger partial charge in [0.25, 0.3) is 0 Å². The van der Waals surface area contributed by atoms with E-state index >= 15 is 0 Å². The lowest BCUT2D eigenvalue weighted by Crippen LogP contribution is -2.67. The summed E-state index contributed by atoms with van der Waals surface area (Å²) in [5, 5.41) is 0. The van der Waals surface area contributed by atoms with E-state index in [0.717, 1.165) is 0 Å². The lowest BCUT2D eigenvalue weighted by atomic mass is 9.98. The van der Waals surface area contributed by atoms with Crippen LogP contribution in [-0.2, 0) is 49.7 Å². The molecule has 1 heterocycles. The van der Waals surface area contributed by atoms with Crippen molar-refractivity contribution in [3.63, 3.8) is 0 Å². The van der Waals surface area contributed by atoms with Gasteiger partial charge in [0.15, 0.2) is 78.6 Å². The summed E-state index contributed by atoms with van der Waals surface area (Å²) in [6.07, 6.45) is -5.74. The highest BCUT2D eigenvalue weighted by Gasteiger charge is 2.54. The second-order valence-electron chi connectivity index (χ2n) is 22.9. The van der Waals surface area contributed by atoms with E-state index in [0.29, 0.717) is 6.61 Å². The summed E-state index contributed by atoms with van der Waals surface area (Å²) >= 11 is 0. The molecule has 328 valence electrons. The first-order valence-corrected chi connectivity index (χ1v) is 47.5. The fourth-order valence-corrected chi connectivity index (χ4v) is 13.0. The van der Waals surface area contributed by atoms with Crippen LogP contribution in [0.4, 0.5) is 0 Å². The Hall–Kier alpha value is 1.01. The molecule has 55 heavy (non-hydrogen) atoms. The summed E-state index contributed by atoms with van der Waals surface area (Å²) in [6, 6.07) is 0. The smallest absolute Gasteiger partial charge is 0.188 e. The first kappa shape index (κ1) is 54.0. The molecule has 1 saturated heterocycles. The van der Waals surface area contributed by atoms with Crippen molar-refractivity contribution in [2.75, 3.05) is 19.8 Å². The van der Waals surface area contributed by atoms with E-state index in [1.807, 2.05) is 0 Å². The maximum atomic E-state index is 14.8. The minimum absolute atomic E-state index is 0.120. The van der Waals surface area contributed by atoms with Crippen LogP contribution >= 0.6 is 0 Å². The largest absolute Gasteiger partial charge is 0.415 e. The number of Topliss-reactive ketones (excluding diaryl/α,β-unsaturated/α-hetero) is 1. The van der Waals surface area contributed by atoms with Crippen LogP contribution in [0.5, 0.6) is 0 Å². The van der Waals surface area contributed by atoms with Crippen LogP contribution in [0, 0.1) is 0 Å². The fourth-order valence-electron chi connectivity index (χ4n) is 5.65. The van der Waals surface area contributed by atoms with Crippen LogP contribution in [0.15, 0.2) is 0 Å². The molecule has 0 radical (unpaired) electrons. The van der Waals surface area contributed by atoms with Crippen molar-refractivity contribution in [3.05, 3.63) is 0 Å². The fraction of sp³-hybridized carbons (Fsp3) is 0.972. The molecule has 1 rings (SSSR count). The Balaban J connectivity index is 4.19. The number of carbonyl (C=O) groups is 1. The zero-order valence-electron chi connectivity index (χ0n) is 39.7.